The molecule has 2 rings (SSSR count). The first-order chi connectivity index (χ1) is 13.2. The highest BCUT2D eigenvalue weighted by Crippen LogP contribution is 2.27. The lowest BCUT2D eigenvalue weighted by molar-refractivity contribution is -0.128. The number of hydrogen-bond donors (Lipinski definition) is 3. The predicted molar refractivity (Wildman–Crippen MR) is 110 cm³/mol. The lowest BCUT2D eigenvalue weighted by Crippen LogP contribution is -2.42. The molecule has 0 radical (unpaired) electrons. The van der Waals surface area contributed by atoms with Crippen molar-refractivity contribution < 1.29 is 14.4 Å². The van der Waals surface area contributed by atoms with Crippen molar-refractivity contribution in [3.8, 4) is 10.6 Å². The summed E-state index contributed by atoms with van der Waals surface area (Å²) in [7, 11) is 0. The van der Waals surface area contributed by atoms with E-state index in [4.69, 9.17) is 0 Å². The van der Waals surface area contributed by atoms with Crippen LogP contribution in [0.3, 0.4) is 0 Å². The van der Waals surface area contributed by atoms with Crippen LogP contribution in [0.5, 0.6) is 0 Å². The Morgan fingerprint density at radius 3 is 2.39 bits per heavy atom. The van der Waals surface area contributed by atoms with Crippen LogP contribution in [-0.4, -0.2) is 29.3 Å². The molecule has 7 nitrogen and oxygen atoms in total. The third-order valence-corrected chi connectivity index (χ3v) is 5.09. The molecule has 1 aromatic carbocycles. The monoisotopic (exact) mass is 402 g/mol. The number of carbonyl (C=O) groups excluding carboxylic acids is 3. The van der Waals surface area contributed by atoms with Gasteiger partial charge in [0.25, 0.3) is 5.91 Å². The van der Waals surface area contributed by atoms with Gasteiger partial charge in [0.15, 0.2) is 0 Å². The quantitative estimate of drug-likeness (QED) is 0.511. The van der Waals surface area contributed by atoms with E-state index in [-0.39, 0.29) is 18.2 Å². The van der Waals surface area contributed by atoms with E-state index < -0.39 is 11.3 Å². The van der Waals surface area contributed by atoms with E-state index in [1.807, 2.05) is 51.1 Å². The number of thiazole rings is 1. The van der Waals surface area contributed by atoms with Gasteiger partial charge in [-0.05, 0) is 13.3 Å². The Bertz CT molecular complexity index is 841. The van der Waals surface area contributed by atoms with Crippen LogP contribution in [-0.2, 0) is 9.59 Å². The van der Waals surface area contributed by atoms with Crippen molar-refractivity contribution in [3.05, 3.63) is 40.9 Å². The summed E-state index contributed by atoms with van der Waals surface area (Å²) in [4.78, 5) is 40.8. The molecule has 0 saturated heterocycles. The number of hydrazine groups is 1. The molecule has 150 valence electrons. The van der Waals surface area contributed by atoms with Gasteiger partial charge in [0.2, 0.25) is 11.8 Å². The highest BCUT2D eigenvalue weighted by molar-refractivity contribution is 7.17. The van der Waals surface area contributed by atoms with E-state index in [2.05, 4.69) is 21.2 Å². The van der Waals surface area contributed by atoms with Gasteiger partial charge in [-0.3, -0.25) is 25.2 Å². The van der Waals surface area contributed by atoms with Crippen LogP contribution in [0.25, 0.3) is 10.6 Å². The number of aromatic nitrogens is 1. The Kier molecular flexibility index (Phi) is 7.28. The Morgan fingerprint density at radius 2 is 1.75 bits per heavy atom. The number of carbonyl (C=O) groups is 3. The summed E-state index contributed by atoms with van der Waals surface area (Å²) in [6.07, 6.45) is 0.683. The first-order valence-electron chi connectivity index (χ1n) is 9.09. The van der Waals surface area contributed by atoms with Crippen LogP contribution in [0.2, 0.25) is 0 Å². The largest absolute Gasteiger partial charge is 0.356 e. The van der Waals surface area contributed by atoms with Gasteiger partial charge in [-0.2, -0.15) is 0 Å². The summed E-state index contributed by atoms with van der Waals surface area (Å²) in [5.74, 6) is -0.772. The zero-order chi connectivity index (χ0) is 20.7. The summed E-state index contributed by atoms with van der Waals surface area (Å²) < 4.78 is 0. The first-order valence-corrected chi connectivity index (χ1v) is 9.90. The molecule has 0 saturated carbocycles. The second-order valence-electron chi connectivity index (χ2n) is 7.41. The minimum atomic E-state index is -0.457. The van der Waals surface area contributed by atoms with Gasteiger partial charge in [0.1, 0.15) is 9.88 Å². The summed E-state index contributed by atoms with van der Waals surface area (Å²) in [6.45, 7) is 7.66. The van der Waals surface area contributed by atoms with E-state index in [0.717, 1.165) is 10.6 Å². The van der Waals surface area contributed by atoms with Crippen LogP contribution in [0.4, 0.5) is 0 Å². The summed E-state index contributed by atoms with van der Waals surface area (Å²) >= 11 is 1.28. The fraction of sp³-hybridized carbons (Fsp3) is 0.400. The summed E-state index contributed by atoms with van der Waals surface area (Å²) in [5.41, 5.74) is 5.92. The second kappa shape index (κ2) is 9.45. The highest BCUT2D eigenvalue weighted by atomic mass is 32.1. The second-order valence-corrected chi connectivity index (χ2v) is 8.41. The SMILES string of the molecule is Cc1nc(-c2ccccc2)sc1C(=O)NNC(=O)CCCNC(=O)C(C)(C)C. The Morgan fingerprint density at radius 1 is 1.07 bits per heavy atom. The molecule has 3 N–H and O–H groups in total. The Labute approximate surface area is 168 Å². The molecule has 1 heterocycles. The molecule has 8 heteroatoms. The van der Waals surface area contributed by atoms with Crippen LogP contribution >= 0.6 is 11.3 Å². The molecule has 0 fully saturated rings. The van der Waals surface area contributed by atoms with Gasteiger partial charge in [0.05, 0.1) is 5.69 Å². The maximum Gasteiger partial charge on any atom is 0.281 e. The van der Waals surface area contributed by atoms with Gasteiger partial charge >= 0.3 is 0 Å². The summed E-state index contributed by atoms with van der Waals surface area (Å²) in [6, 6.07) is 9.61. The fourth-order valence-corrected chi connectivity index (χ4v) is 3.24. The average molecular weight is 403 g/mol. The van der Waals surface area contributed by atoms with Crippen molar-refractivity contribution >= 4 is 29.1 Å². The topological polar surface area (TPSA) is 100 Å². The fourth-order valence-electron chi connectivity index (χ4n) is 2.27. The van der Waals surface area contributed by atoms with Gasteiger partial charge in [-0.1, -0.05) is 51.1 Å². The van der Waals surface area contributed by atoms with Crippen molar-refractivity contribution in [1.82, 2.24) is 21.2 Å². The molecule has 28 heavy (non-hydrogen) atoms. The maximum atomic E-state index is 12.3. The zero-order valence-electron chi connectivity index (χ0n) is 16.6. The smallest absolute Gasteiger partial charge is 0.281 e. The molecule has 0 aliphatic carbocycles. The molecule has 1 aromatic heterocycles. The molecule has 0 unspecified atom stereocenters. The van der Waals surface area contributed by atoms with E-state index in [1.165, 1.54) is 11.3 Å². The molecule has 0 aliphatic heterocycles. The Balaban J connectivity index is 1.78. The molecule has 2 aromatic rings. The molecule has 0 aliphatic rings. The minimum absolute atomic E-state index is 0.0592. The number of nitrogens with one attached hydrogen (secondary N) is 3. The number of amides is 3. The lowest BCUT2D eigenvalue weighted by Gasteiger charge is -2.17. The third-order valence-electron chi connectivity index (χ3n) is 3.89. The van der Waals surface area contributed by atoms with Crippen molar-refractivity contribution in [1.29, 1.82) is 0 Å². The Hall–Kier alpha value is -2.74. The lowest BCUT2D eigenvalue weighted by atomic mass is 9.96. The molecule has 0 bridgehead atoms. The van der Waals surface area contributed by atoms with Crippen molar-refractivity contribution in [2.24, 2.45) is 5.41 Å². The van der Waals surface area contributed by atoms with Crippen molar-refractivity contribution in [2.45, 2.75) is 40.5 Å². The maximum absolute atomic E-state index is 12.3. The van der Waals surface area contributed by atoms with E-state index in [1.54, 1.807) is 6.92 Å². The van der Waals surface area contributed by atoms with E-state index in [9.17, 15) is 14.4 Å². The average Bonchev–Trinajstić information content (AvgIpc) is 3.05. The highest BCUT2D eigenvalue weighted by Gasteiger charge is 2.20. The zero-order valence-corrected chi connectivity index (χ0v) is 17.4. The first kappa shape index (κ1) is 21.6. The van der Waals surface area contributed by atoms with Gasteiger partial charge in [-0.15, -0.1) is 11.3 Å². The molecule has 0 atom stereocenters. The van der Waals surface area contributed by atoms with Gasteiger partial charge < -0.3 is 5.32 Å². The normalized spacial score (nSPS) is 11.0. The molecule has 0 spiro atoms. The van der Waals surface area contributed by atoms with Gasteiger partial charge in [0, 0.05) is 23.9 Å². The number of benzene rings is 1. The number of rotatable bonds is 6. The standard InChI is InChI=1S/C20H26N4O3S/c1-13-16(28-18(22-13)14-9-6-5-7-10-14)17(26)24-23-15(25)11-8-12-21-19(27)20(2,3)4/h5-7,9-10H,8,11-12H2,1-4H3,(H,21,27)(H,23,25)(H,24,26). The molecular weight excluding hydrogens is 376 g/mol. The third kappa shape index (κ3) is 6.16. The number of nitrogens with zero attached hydrogens (tertiary/aromatic N) is 1. The molecular formula is C20H26N4O3S. The number of aryl methyl sites for hydroxylation is 1. The number of hydrogen-bond acceptors (Lipinski definition) is 5. The van der Waals surface area contributed by atoms with Crippen molar-refractivity contribution in [3.63, 3.8) is 0 Å². The molecule has 3 amide bonds. The van der Waals surface area contributed by atoms with Crippen LogP contribution < -0.4 is 16.2 Å². The van der Waals surface area contributed by atoms with Crippen LogP contribution in [0, 0.1) is 12.3 Å². The van der Waals surface area contributed by atoms with Crippen LogP contribution in [0.15, 0.2) is 30.3 Å². The van der Waals surface area contributed by atoms with E-state index in [0.29, 0.717) is 23.5 Å². The van der Waals surface area contributed by atoms with E-state index >= 15 is 0 Å². The van der Waals surface area contributed by atoms with Crippen molar-refractivity contribution in [2.75, 3.05) is 6.54 Å². The minimum Gasteiger partial charge on any atom is -0.356 e. The van der Waals surface area contributed by atoms with Gasteiger partial charge in [-0.25, -0.2) is 4.98 Å². The van der Waals surface area contributed by atoms with Crippen LogP contribution in [0.1, 0.15) is 49.0 Å². The predicted octanol–water partition coefficient (Wildman–Crippen LogP) is 2.82. The summed E-state index contributed by atoms with van der Waals surface area (Å²) in [5, 5.41) is 3.54.